The molecule has 3 rings (SSSR count). The van der Waals surface area contributed by atoms with E-state index in [1.165, 1.54) is 12.1 Å². The molecule has 2 aromatic carbocycles. The molecule has 0 spiro atoms. The van der Waals surface area contributed by atoms with E-state index in [9.17, 15) is 9.18 Å². The molecule has 1 aliphatic heterocycles. The lowest BCUT2D eigenvalue weighted by molar-refractivity contribution is -0.124. The summed E-state index contributed by atoms with van der Waals surface area (Å²) in [7, 11) is 1.85. The van der Waals surface area contributed by atoms with Gasteiger partial charge in [-0.15, -0.1) is 0 Å². The van der Waals surface area contributed by atoms with Gasteiger partial charge in [-0.2, -0.15) is 0 Å². The van der Waals surface area contributed by atoms with Crippen LogP contribution in [0.15, 0.2) is 60.7 Å². The maximum atomic E-state index is 13.1. The van der Waals surface area contributed by atoms with Crippen molar-refractivity contribution in [2.45, 2.75) is 38.3 Å². The van der Waals surface area contributed by atoms with Crippen molar-refractivity contribution >= 4 is 11.5 Å². The number of benzene rings is 2. The molecule has 2 atom stereocenters. The van der Waals surface area contributed by atoms with E-state index in [2.05, 4.69) is 10.9 Å². The van der Waals surface area contributed by atoms with Crippen LogP contribution in [0.2, 0.25) is 0 Å². The predicted octanol–water partition coefficient (Wildman–Crippen LogP) is 4.08. The van der Waals surface area contributed by atoms with Crippen LogP contribution in [0.4, 0.5) is 4.39 Å². The maximum Gasteiger partial charge on any atom is 0.246 e. The van der Waals surface area contributed by atoms with Gasteiger partial charge in [0.1, 0.15) is 5.82 Å². The van der Waals surface area contributed by atoms with Gasteiger partial charge in [0.25, 0.3) is 0 Å². The number of hydrazine groups is 1. The summed E-state index contributed by atoms with van der Waals surface area (Å²) in [5, 5.41) is 0. The van der Waals surface area contributed by atoms with E-state index >= 15 is 0 Å². The molecule has 0 radical (unpaired) electrons. The molecule has 2 unspecified atom stereocenters. The van der Waals surface area contributed by atoms with Gasteiger partial charge in [0.15, 0.2) is 0 Å². The van der Waals surface area contributed by atoms with Crippen molar-refractivity contribution < 1.29 is 9.18 Å². The minimum absolute atomic E-state index is 0.0306. The van der Waals surface area contributed by atoms with Gasteiger partial charge in [0, 0.05) is 31.8 Å². The van der Waals surface area contributed by atoms with Crippen LogP contribution in [0.1, 0.15) is 43.4 Å². The molecule has 4 nitrogen and oxygen atoms in total. The fourth-order valence-corrected chi connectivity index (χ4v) is 3.49. The molecule has 2 aromatic rings. The summed E-state index contributed by atoms with van der Waals surface area (Å²) in [5.41, 5.74) is 9.73. The summed E-state index contributed by atoms with van der Waals surface area (Å²) in [6.45, 7) is 2.68. The second kappa shape index (κ2) is 9.62. The number of nitrogens with one attached hydrogen (secondary N) is 2. The van der Waals surface area contributed by atoms with E-state index in [1.54, 1.807) is 11.0 Å². The SMILES string of the molecule is C/C(=C\C(=O)N(C)CCCC1CC(c2ccc(F)cc2)NN1)c1ccccc1. The van der Waals surface area contributed by atoms with E-state index < -0.39 is 0 Å². The maximum absolute atomic E-state index is 13.1. The van der Waals surface area contributed by atoms with Crippen molar-refractivity contribution in [1.29, 1.82) is 0 Å². The first kappa shape index (κ1) is 20.2. The summed E-state index contributed by atoms with van der Waals surface area (Å²) < 4.78 is 13.1. The Bertz CT molecular complexity index is 804. The second-order valence-corrected chi connectivity index (χ2v) is 7.42. The Morgan fingerprint density at radius 3 is 2.57 bits per heavy atom. The fourth-order valence-electron chi connectivity index (χ4n) is 3.49. The number of rotatable bonds is 7. The Morgan fingerprint density at radius 2 is 1.86 bits per heavy atom. The number of likely N-dealkylation sites (N-methyl/N-ethyl adjacent to an activating group) is 1. The molecule has 1 saturated heterocycles. The summed E-state index contributed by atoms with van der Waals surface area (Å²) in [6, 6.07) is 17.1. The topological polar surface area (TPSA) is 44.4 Å². The van der Waals surface area contributed by atoms with E-state index in [0.717, 1.165) is 42.5 Å². The third-order valence-electron chi connectivity index (χ3n) is 5.25. The van der Waals surface area contributed by atoms with E-state index in [0.29, 0.717) is 6.04 Å². The fraction of sp³-hybridized carbons (Fsp3) is 0.348. The van der Waals surface area contributed by atoms with Gasteiger partial charge in [0.2, 0.25) is 5.91 Å². The molecule has 1 amide bonds. The highest BCUT2D eigenvalue weighted by molar-refractivity contribution is 5.94. The molecule has 148 valence electrons. The first-order chi connectivity index (χ1) is 13.5. The molecule has 1 aliphatic rings. The lowest BCUT2D eigenvalue weighted by Crippen LogP contribution is -2.32. The monoisotopic (exact) mass is 381 g/mol. The molecule has 1 fully saturated rings. The Hall–Kier alpha value is -2.50. The average Bonchev–Trinajstić information content (AvgIpc) is 3.18. The quantitative estimate of drug-likeness (QED) is 0.711. The van der Waals surface area contributed by atoms with E-state index in [1.807, 2.05) is 56.4 Å². The van der Waals surface area contributed by atoms with Gasteiger partial charge in [-0.1, -0.05) is 42.5 Å². The van der Waals surface area contributed by atoms with Crippen LogP contribution in [-0.2, 0) is 4.79 Å². The Labute approximate surface area is 166 Å². The number of carbonyl (C=O) groups is 1. The number of hydrogen-bond acceptors (Lipinski definition) is 3. The van der Waals surface area contributed by atoms with Gasteiger partial charge in [0.05, 0.1) is 0 Å². The molecule has 0 saturated carbocycles. The third kappa shape index (κ3) is 5.50. The van der Waals surface area contributed by atoms with Crippen molar-refractivity contribution in [3.63, 3.8) is 0 Å². The smallest absolute Gasteiger partial charge is 0.246 e. The molecular formula is C23H28FN3O. The van der Waals surface area contributed by atoms with Crippen molar-refractivity contribution in [3.8, 4) is 0 Å². The molecule has 5 heteroatoms. The van der Waals surface area contributed by atoms with E-state index in [4.69, 9.17) is 0 Å². The molecule has 1 heterocycles. The molecule has 0 bridgehead atoms. The number of allylic oxidation sites excluding steroid dienone is 1. The molecule has 0 aromatic heterocycles. The minimum Gasteiger partial charge on any atom is -0.342 e. The molecule has 0 aliphatic carbocycles. The van der Waals surface area contributed by atoms with Crippen LogP contribution in [0.5, 0.6) is 0 Å². The highest BCUT2D eigenvalue weighted by atomic mass is 19.1. The van der Waals surface area contributed by atoms with Crippen LogP contribution < -0.4 is 10.9 Å². The zero-order valence-corrected chi connectivity index (χ0v) is 16.5. The van der Waals surface area contributed by atoms with Crippen LogP contribution in [0.3, 0.4) is 0 Å². The lowest BCUT2D eigenvalue weighted by Gasteiger charge is -2.17. The first-order valence-corrected chi connectivity index (χ1v) is 9.78. The summed E-state index contributed by atoms with van der Waals surface area (Å²) >= 11 is 0. The second-order valence-electron chi connectivity index (χ2n) is 7.42. The molecule has 2 N–H and O–H groups in total. The minimum atomic E-state index is -0.212. The number of nitrogens with zero attached hydrogens (tertiary/aromatic N) is 1. The number of halogens is 1. The van der Waals surface area contributed by atoms with Crippen molar-refractivity contribution in [2.24, 2.45) is 0 Å². The number of hydrogen-bond donors (Lipinski definition) is 2. The standard InChI is InChI=1S/C23H28FN3O/c1-17(18-7-4-3-5-8-18)15-23(28)27(2)14-6-9-21-16-22(26-25-21)19-10-12-20(24)13-11-19/h3-5,7-8,10-13,15,21-22,25-26H,6,9,14,16H2,1-2H3/b17-15+. The Kier molecular flexibility index (Phi) is 6.95. The predicted molar refractivity (Wildman–Crippen MR) is 111 cm³/mol. The largest absolute Gasteiger partial charge is 0.342 e. The van der Waals surface area contributed by atoms with Crippen molar-refractivity contribution in [3.05, 3.63) is 77.6 Å². The summed E-state index contributed by atoms with van der Waals surface area (Å²) in [6.07, 6.45) is 4.56. The highest BCUT2D eigenvalue weighted by Crippen LogP contribution is 2.24. The van der Waals surface area contributed by atoms with Gasteiger partial charge < -0.3 is 4.90 Å². The lowest BCUT2D eigenvalue weighted by atomic mass is 9.99. The van der Waals surface area contributed by atoms with E-state index in [-0.39, 0.29) is 17.8 Å². The Morgan fingerprint density at radius 1 is 1.14 bits per heavy atom. The van der Waals surface area contributed by atoms with Crippen molar-refractivity contribution in [1.82, 2.24) is 15.8 Å². The van der Waals surface area contributed by atoms with Crippen LogP contribution in [0.25, 0.3) is 5.57 Å². The summed E-state index contributed by atoms with van der Waals surface area (Å²) in [4.78, 5) is 14.2. The normalized spacial score (nSPS) is 19.6. The zero-order chi connectivity index (χ0) is 19.9. The number of carbonyl (C=O) groups excluding carboxylic acids is 1. The first-order valence-electron chi connectivity index (χ1n) is 9.78. The third-order valence-corrected chi connectivity index (χ3v) is 5.25. The zero-order valence-electron chi connectivity index (χ0n) is 16.5. The van der Waals surface area contributed by atoms with Gasteiger partial charge in [-0.25, -0.2) is 4.39 Å². The molecule has 28 heavy (non-hydrogen) atoms. The average molecular weight is 381 g/mol. The van der Waals surface area contributed by atoms with Crippen LogP contribution in [-0.4, -0.2) is 30.4 Å². The molecular weight excluding hydrogens is 353 g/mol. The number of amides is 1. The summed E-state index contributed by atoms with van der Waals surface area (Å²) in [5.74, 6) is -0.182. The van der Waals surface area contributed by atoms with Gasteiger partial charge >= 0.3 is 0 Å². The highest BCUT2D eigenvalue weighted by Gasteiger charge is 2.24. The van der Waals surface area contributed by atoms with Crippen LogP contribution >= 0.6 is 0 Å². The van der Waals surface area contributed by atoms with Crippen molar-refractivity contribution in [2.75, 3.05) is 13.6 Å². The van der Waals surface area contributed by atoms with Gasteiger partial charge in [-0.05, 0) is 55.0 Å². The van der Waals surface area contributed by atoms with Crippen LogP contribution in [0, 0.1) is 5.82 Å². The Balaban J connectivity index is 1.42. The van der Waals surface area contributed by atoms with Gasteiger partial charge in [-0.3, -0.25) is 15.6 Å².